The summed E-state index contributed by atoms with van der Waals surface area (Å²) >= 11 is 1.47. The fourth-order valence-corrected chi connectivity index (χ4v) is 3.59. The Hall–Kier alpha value is -3.26. The Kier molecular flexibility index (Phi) is 6.56. The monoisotopic (exact) mass is 414 g/mol. The van der Waals surface area contributed by atoms with Crippen molar-refractivity contribution >= 4 is 22.9 Å². The number of hydrogen-bond donors (Lipinski definition) is 1. The molecule has 1 amide bonds. The molecule has 0 bridgehead atoms. The van der Waals surface area contributed by atoms with Crippen LogP contribution in [0.5, 0.6) is 23.0 Å². The summed E-state index contributed by atoms with van der Waals surface area (Å²) in [5, 5.41) is 5.53. The Morgan fingerprint density at radius 3 is 2.17 bits per heavy atom. The highest BCUT2D eigenvalue weighted by molar-refractivity contribution is 7.13. The number of benzene rings is 2. The smallest absolute Gasteiger partial charge is 0.230 e. The van der Waals surface area contributed by atoms with E-state index in [1.54, 1.807) is 46.6 Å². The molecule has 7 nitrogen and oxygen atoms in total. The predicted molar refractivity (Wildman–Crippen MR) is 113 cm³/mol. The number of nitrogens with zero attached hydrogens (tertiary/aromatic N) is 1. The summed E-state index contributed by atoms with van der Waals surface area (Å²) < 4.78 is 21.1. The standard InChI is InChI=1S/C21H22N2O5S/c1-25-16-7-5-13(9-18(16)27-3)21-23-15(12-29-21)11-20(24)22-14-6-8-17(26-2)19(10-14)28-4/h5-10,12H,11H2,1-4H3,(H,22,24). The summed E-state index contributed by atoms with van der Waals surface area (Å²) in [6.45, 7) is 0. The van der Waals surface area contributed by atoms with Crippen molar-refractivity contribution in [3.63, 3.8) is 0 Å². The van der Waals surface area contributed by atoms with Crippen molar-refractivity contribution in [2.45, 2.75) is 6.42 Å². The first-order chi connectivity index (χ1) is 14.1. The third kappa shape index (κ3) is 4.78. The first-order valence-corrected chi connectivity index (χ1v) is 9.64. The van der Waals surface area contributed by atoms with Crippen LogP contribution in [0.2, 0.25) is 0 Å². The summed E-state index contributed by atoms with van der Waals surface area (Å²) in [4.78, 5) is 17.0. The number of ether oxygens (including phenoxy) is 4. The highest BCUT2D eigenvalue weighted by atomic mass is 32.1. The zero-order valence-corrected chi connectivity index (χ0v) is 17.5. The molecule has 0 spiro atoms. The van der Waals surface area contributed by atoms with Gasteiger partial charge in [0.2, 0.25) is 5.91 Å². The minimum atomic E-state index is -0.165. The van der Waals surface area contributed by atoms with Crippen LogP contribution < -0.4 is 24.3 Å². The van der Waals surface area contributed by atoms with Gasteiger partial charge in [-0.05, 0) is 30.3 Å². The van der Waals surface area contributed by atoms with Crippen molar-refractivity contribution in [1.82, 2.24) is 4.98 Å². The lowest BCUT2D eigenvalue weighted by atomic mass is 10.2. The van der Waals surface area contributed by atoms with Gasteiger partial charge in [0.05, 0.1) is 40.6 Å². The van der Waals surface area contributed by atoms with Gasteiger partial charge in [-0.3, -0.25) is 4.79 Å². The number of carbonyl (C=O) groups excluding carboxylic acids is 1. The normalized spacial score (nSPS) is 10.3. The van der Waals surface area contributed by atoms with Crippen LogP contribution in [-0.2, 0) is 11.2 Å². The minimum Gasteiger partial charge on any atom is -0.493 e. The van der Waals surface area contributed by atoms with E-state index in [0.717, 1.165) is 10.6 Å². The van der Waals surface area contributed by atoms with Crippen molar-refractivity contribution in [3.05, 3.63) is 47.5 Å². The van der Waals surface area contributed by atoms with E-state index in [0.29, 0.717) is 34.4 Å². The highest BCUT2D eigenvalue weighted by Crippen LogP contribution is 2.34. The highest BCUT2D eigenvalue weighted by Gasteiger charge is 2.13. The van der Waals surface area contributed by atoms with E-state index in [-0.39, 0.29) is 12.3 Å². The fourth-order valence-electron chi connectivity index (χ4n) is 2.77. The largest absolute Gasteiger partial charge is 0.493 e. The van der Waals surface area contributed by atoms with Gasteiger partial charge in [-0.25, -0.2) is 4.98 Å². The fraction of sp³-hybridized carbons (Fsp3) is 0.238. The number of aromatic nitrogens is 1. The van der Waals surface area contributed by atoms with Crippen molar-refractivity contribution in [1.29, 1.82) is 0 Å². The second-order valence-electron chi connectivity index (χ2n) is 6.01. The molecule has 0 aliphatic heterocycles. The maximum absolute atomic E-state index is 12.4. The van der Waals surface area contributed by atoms with E-state index in [1.807, 2.05) is 23.6 Å². The molecule has 0 aliphatic rings. The number of hydrogen-bond acceptors (Lipinski definition) is 7. The number of nitrogens with one attached hydrogen (secondary N) is 1. The van der Waals surface area contributed by atoms with Crippen LogP contribution in [0, 0.1) is 0 Å². The molecule has 0 unspecified atom stereocenters. The van der Waals surface area contributed by atoms with Crippen molar-refractivity contribution in [2.75, 3.05) is 33.8 Å². The molecule has 3 rings (SSSR count). The van der Waals surface area contributed by atoms with Gasteiger partial charge in [-0.2, -0.15) is 0 Å². The summed E-state index contributed by atoms with van der Waals surface area (Å²) in [5.41, 5.74) is 2.22. The summed E-state index contributed by atoms with van der Waals surface area (Å²) in [7, 11) is 6.30. The zero-order chi connectivity index (χ0) is 20.8. The predicted octanol–water partition coefficient (Wildman–Crippen LogP) is 4.03. The molecule has 1 aromatic heterocycles. The molecular formula is C21H22N2O5S. The third-order valence-corrected chi connectivity index (χ3v) is 5.13. The Labute approximate surface area is 173 Å². The summed E-state index contributed by atoms with van der Waals surface area (Å²) in [6, 6.07) is 10.8. The van der Waals surface area contributed by atoms with Crippen LogP contribution in [0.1, 0.15) is 5.69 Å². The number of methoxy groups -OCH3 is 4. The van der Waals surface area contributed by atoms with Gasteiger partial charge in [0.15, 0.2) is 23.0 Å². The average Bonchev–Trinajstić information content (AvgIpc) is 3.21. The Balaban J connectivity index is 1.69. The third-order valence-electron chi connectivity index (χ3n) is 4.19. The molecule has 0 radical (unpaired) electrons. The van der Waals surface area contributed by atoms with Gasteiger partial charge in [0, 0.05) is 22.7 Å². The first kappa shape index (κ1) is 20.5. The molecule has 0 saturated heterocycles. The van der Waals surface area contributed by atoms with Crippen LogP contribution in [0.25, 0.3) is 10.6 Å². The lowest BCUT2D eigenvalue weighted by Crippen LogP contribution is -2.14. The lowest BCUT2D eigenvalue weighted by Gasteiger charge is -2.10. The molecule has 1 N–H and O–H groups in total. The van der Waals surface area contributed by atoms with E-state index >= 15 is 0 Å². The SMILES string of the molecule is COc1ccc(NC(=O)Cc2csc(-c3ccc(OC)c(OC)c3)n2)cc1OC. The van der Waals surface area contributed by atoms with Gasteiger partial charge in [0.1, 0.15) is 5.01 Å². The summed E-state index contributed by atoms with van der Waals surface area (Å²) in [5.74, 6) is 2.27. The molecular weight excluding hydrogens is 392 g/mol. The summed E-state index contributed by atoms with van der Waals surface area (Å²) in [6.07, 6.45) is 0.165. The molecule has 29 heavy (non-hydrogen) atoms. The molecule has 0 fully saturated rings. The lowest BCUT2D eigenvalue weighted by molar-refractivity contribution is -0.115. The molecule has 0 atom stereocenters. The number of anilines is 1. The molecule has 3 aromatic rings. The number of carbonyl (C=O) groups is 1. The van der Waals surface area contributed by atoms with Gasteiger partial charge in [-0.15, -0.1) is 11.3 Å². The van der Waals surface area contributed by atoms with Crippen LogP contribution in [0.3, 0.4) is 0 Å². The van der Waals surface area contributed by atoms with Crippen molar-refractivity contribution < 1.29 is 23.7 Å². The topological polar surface area (TPSA) is 78.9 Å². The Bertz CT molecular complexity index is 1000. The average molecular weight is 414 g/mol. The van der Waals surface area contributed by atoms with E-state index in [2.05, 4.69) is 10.3 Å². The molecule has 2 aromatic carbocycles. The van der Waals surface area contributed by atoms with E-state index < -0.39 is 0 Å². The second kappa shape index (κ2) is 9.29. The molecule has 1 heterocycles. The molecule has 152 valence electrons. The van der Waals surface area contributed by atoms with E-state index in [4.69, 9.17) is 18.9 Å². The van der Waals surface area contributed by atoms with Crippen molar-refractivity contribution in [3.8, 4) is 33.6 Å². The molecule has 0 saturated carbocycles. The first-order valence-electron chi connectivity index (χ1n) is 8.76. The molecule has 8 heteroatoms. The number of amides is 1. The van der Waals surface area contributed by atoms with Crippen molar-refractivity contribution in [2.24, 2.45) is 0 Å². The van der Waals surface area contributed by atoms with Crippen LogP contribution in [0.15, 0.2) is 41.8 Å². The Morgan fingerprint density at radius 1 is 0.897 bits per heavy atom. The zero-order valence-electron chi connectivity index (χ0n) is 16.6. The van der Waals surface area contributed by atoms with Crippen LogP contribution in [-0.4, -0.2) is 39.3 Å². The maximum atomic E-state index is 12.4. The number of rotatable bonds is 8. The Morgan fingerprint density at radius 2 is 1.52 bits per heavy atom. The minimum absolute atomic E-state index is 0.165. The van der Waals surface area contributed by atoms with Gasteiger partial charge >= 0.3 is 0 Å². The van der Waals surface area contributed by atoms with Gasteiger partial charge in [0.25, 0.3) is 0 Å². The quantitative estimate of drug-likeness (QED) is 0.600. The van der Waals surface area contributed by atoms with Gasteiger partial charge < -0.3 is 24.3 Å². The van der Waals surface area contributed by atoms with Crippen LogP contribution in [0.4, 0.5) is 5.69 Å². The second-order valence-corrected chi connectivity index (χ2v) is 6.87. The number of thiazole rings is 1. The van der Waals surface area contributed by atoms with E-state index in [9.17, 15) is 4.79 Å². The van der Waals surface area contributed by atoms with E-state index in [1.165, 1.54) is 11.3 Å². The van der Waals surface area contributed by atoms with Crippen LogP contribution >= 0.6 is 11.3 Å². The van der Waals surface area contributed by atoms with Gasteiger partial charge in [-0.1, -0.05) is 0 Å². The molecule has 0 aliphatic carbocycles. The maximum Gasteiger partial charge on any atom is 0.230 e.